The van der Waals surface area contributed by atoms with E-state index in [1.807, 2.05) is 0 Å². The summed E-state index contributed by atoms with van der Waals surface area (Å²) in [4.78, 5) is 1.50. The SMILES string of the molecule is [Fe].[N-]=[N+]=[N-]. The van der Waals surface area contributed by atoms with Crippen LogP contribution < -0.4 is 0 Å². The standard InChI is InChI=1S/Fe.N3/c;1-3-2/q;-1. The molecular formula is FeN3-. The molecule has 0 aromatic heterocycles. The average Bonchev–Trinajstić information content (AvgIpc) is 0.918. The fourth-order valence-corrected chi connectivity index (χ4v) is 0. The molecule has 4 heavy (non-hydrogen) atoms. The van der Waals surface area contributed by atoms with Gasteiger partial charge in [-0.3, -0.25) is 4.91 Å². The Hall–Kier alpha value is -0.171. The van der Waals surface area contributed by atoms with Gasteiger partial charge in [0.2, 0.25) is 0 Å². The Kier molecular flexibility index (Phi) is 31.5. The van der Waals surface area contributed by atoms with Gasteiger partial charge in [0, 0.05) is 17.1 Å². The number of hydrogen-bond acceptors (Lipinski definition) is 0. The van der Waals surface area contributed by atoms with Crippen molar-refractivity contribution in [2.75, 3.05) is 0 Å². The predicted molar refractivity (Wildman–Crippen MR) is 10.1 cm³/mol. The smallest absolute Gasteiger partial charge is 0 e. The maximum absolute atomic E-state index is 6.75. The summed E-state index contributed by atoms with van der Waals surface area (Å²) < 4.78 is 0. The van der Waals surface area contributed by atoms with Gasteiger partial charge in [-0.25, -0.2) is 0 Å². The Labute approximate surface area is 33.9 Å². The minimum absolute atomic E-state index is 0. The van der Waals surface area contributed by atoms with Gasteiger partial charge >= 0.3 is 0 Å². The molecule has 0 spiro atoms. The van der Waals surface area contributed by atoms with Crippen molar-refractivity contribution >= 4 is 0 Å². The number of hydrogen-bond donors (Lipinski definition) is 0. The molecule has 0 unspecified atom stereocenters. The van der Waals surface area contributed by atoms with Gasteiger partial charge in [-0.05, 0) is 0 Å². The molecule has 0 heterocycles. The van der Waals surface area contributed by atoms with Gasteiger partial charge in [-0.15, -0.1) is 0 Å². The van der Waals surface area contributed by atoms with Crippen LogP contribution in [0.3, 0.4) is 0 Å². The van der Waals surface area contributed by atoms with Crippen LogP contribution in [0.15, 0.2) is 0 Å². The molecule has 0 aliphatic rings. The molecule has 0 atom stereocenters. The second-order valence-corrected chi connectivity index (χ2v) is 0.0894. The molecule has 24 valence electrons. The first-order valence-corrected chi connectivity index (χ1v) is 0.400. The zero-order chi connectivity index (χ0) is 2.71. The summed E-state index contributed by atoms with van der Waals surface area (Å²) in [5, 5.41) is 0. The van der Waals surface area contributed by atoms with Crippen LogP contribution in [0.1, 0.15) is 0 Å². The zero-order valence-corrected chi connectivity index (χ0v) is 2.80. The van der Waals surface area contributed by atoms with E-state index in [1.54, 1.807) is 0 Å². The van der Waals surface area contributed by atoms with Crippen LogP contribution in [0.4, 0.5) is 0 Å². The predicted octanol–water partition coefficient (Wildman–Crippen LogP) is 0.864. The molecule has 0 saturated heterocycles. The third-order valence-corrected chi connectivity index (χ3v) is 0. The maximum Gasteiger partial charge on any atom is 0 e. The van der Waals surface area contributed by atoms with Gasteiger partial charge in [0.05, 0.1) is 0 Å². The van der Waals surface area contributed by atoms with E-state index >= 15 is 0 Å². The van der Waals surface area contributed by atoms with Crippen molar-refractivity contribution in [3.63, 3.8) is 0 Å². The molecule has 3 nitrogen and oxygen atoms in total. The third kappa shape index (κ3) is 43.3. The summed E-state index contributed by atoms with van der Waals surface area (Å²) in [5.41, 5.74) is 13.5. The molecule has 0 rings (SSSR count). The van der Waals surface area contributed by atoms with Gasteiger partial charge in [0.1, 0.15) is 0 Å². The minimum Gasteiger partial charge on any atom is -0.373 e. The van der Waals surface area contributed by atoms with E-state index in [9.17, 15) is 0 Å². The fourth-order valence-electron chi connectivity index (χ4n) is 0. The summed E-state index contributed by atoms with van der Waals surface area (Å²) in [6.45, 7) is 0. The minimum atomic E-state index is 0. The van der Waals surface area contributed by atoms with Crippen molar-refractivity contribution in [3.05, 3.63) is 16.0 Å². The number of rotatable bonds is 0. The van der Waals surface area contributed by atoms with E-state index in [0.717, 1.165) is 0 Å². The van der Waals surface area contributed by atoms with Crippen LogP contribution in [0.2, 0.25) is 0 Å². The van der Waals surface area contributed by atoms with Gasteiger partial charge in [-0.2, -0.15) is 0 Å². The molecule has 0 aromatic rings. The summed E-state index contributed by atoms with van der Waals surface area (Å²) in [6, 6.07) is 0. The molecule has 0 N–H and O–H groups in total. The van der Waals surface area contributed by atoms with Crippen LogP contribution >= 0.6 is 0 Å². The zero-order valence-electron chi connectivity index (χ0n) is 1.70. The Morgan fingerprint density at radius 2 is 1.25 bits per heavy atom. The maximum atomic E-state index is 6.75. The summed E-state index contributed by atoms with van der Waals surface area (Å²) in [6.07, 6.45) is 0. The summed E-state index contributed by atoms with van der Waals surface area (Å²) in [5.74, 6) is 0. The molecule has 0 fully saturated rings. The van der Waals surface area contributed by atoms with Crippen molar-refractivity contribution in [2.24, 2.45) is 0 Å². The summed E-state index contributed by atoms with van der Waals surface area (Å²) in [7, 11) is 0. The first-order chi connectivity index (χ1) is 1.41. The van der Waals surface area contributed by atoms with E-state index in [0.29, 0.717) is 0 Å². The Morgan fingerprint density at radius 3 is 1.25 bits per heavy atom. The third-order valence-electron chi connectivity index (χ3n) is 0. The normalized spacial score (nSPS) is 2.00. The van der Waals surface area contributed by atoms with E-state index in [2.05, 4.69) is 0 Å². The topological polar surface area (TPSA) is 58.7 Å². The molecule has 0 radical (unpaired) electrons. The monoisotopic (exact) mass is 97.9 g/mol. The van der Waals surface area contributed by atoms with E-state index in [1.165, 1.54) is 4.91 Å². The van der Waals surface area contributed by atoms with Crippen LogP contribution in [-0.4, -0.2) is 0 Å². The largest absolute Gasteiger partial charge is 0.373 e. The molecule has 0 aromatic carbocycles. The first kappa shape index (κ1) is 9.16. The molecular weight excluding hydrogens is 97.9 g/mol. The molecule has 0 saturated carbocycles. The second kappa shape index (κ2) is 13.8. The molecule has 4 heteroatoms. The van der Waals surface area contributed by atoms with Gasteiger partial charge in [0.15, 0.2) is 0 Å². The van der Waals surface area contributed by atoms with E-state index < -0.39 is 0 Å². The quantitative estimate of drug-likeness (QED) is 0.187. The van der Waals surface area contributed by atoms with Gasteiger partial charge < -0.3 is 11.1 Å². The van der Waals surface area contributed by atoms with Crippen molar-refractivity contribution in [1.82, 2.24) is 0 Å². The Bertz CT molecular complexity index is 24.3. The van der Waals surface area contributed by atoms with Crippen molar-refractivity contribution < 1.29 is 17.1 Å². The fraction of sp³-hybridized carbons (Fsp3) is 0. The first-order valence-electron chi connectivity index (χ1n) is 0.400. The second-order valence-electron chi connectivity index (χ2n) is 0.0894. The van der Waals surface area contributed by atoms with Gasteiger partial charge in [0.25, 0.3) is 0 Å². The van der Waals surface area contributed by atoms with Gasteiger partial charge in [-0.1, -0.05) is 0 Å². The molecule has 0 aliphatic heterocycles. The Balaban J connectivity index is 0. The molecule has 0 aliphatic carbocycles. The Morgan fingerprint density at radius 1 is 1.25 bits per heavy atom. The molecule has 0 amide bonds. The van der Waals surface area contributed by atoms with Crippen LogP contribution in [0.25, 0.3) is 16.0 Å². The van der Waals surface area contributed by atoms with Crippen molar-refractivity contribution in [1.29, 1.82) is 0 Å². The van der Waals surface area contributed by atoms with E-state index in [-0.39, 0.29) is 17.1 Å². The molecule has 0 bridgehead atoms. The van der Waals surface area contributed by atoms with E-state index in [4.69, 9.17) is 11.1 Å². The summed E-state index contributed by atoms with van der Waals surface area (Å²) >= 11 is 0. The average molecular weight is 97.9 g/mol. The van der Waals surface area contributed by atoms with Crippen molar-refractivity contribution in [3.8, 4) is 0 Å². The van der Waals surface area contributed by atoms with Crippen LogP contribution in [0, 0.1) is 0 Å². The van der Waals surface area contributed by atoms with Crippen molar-refractivity contribution in [2.45, 2.75) is 0 Å². The van der Waals surface area contributed by atoms with Crippen LogP contribution in [0.5, 0.6) is 0 Å². The number of nitrogens with zero attached hydrogens (tertiary/aromatic N) is 3. The van der Waals surface area contributed by atoms with Crippen LogP contribution in [-0.2, 0) is 17.1 Å².